The highest BCUT2D eigenvalue weighted by Crippen LogP contribution is 2.29. The summed E-state index contributed by atoms with van der Waals surface area (Å²) in [5.41, 5.74) is 0.0503. The number of hydrogen-bond donors (Lipinski definition) is 1. The molecule has 2 aromatic rings. The van der Waals surface area contributed by atoms with Crippen molar-refractivity contribution in [2.45, 2.75) is 13.0 Å². The Morgan fingerprint density at radius 3 is 2.52 bits per heavy atom. The van der Waals surface area contributed by atoms with Crippen molar-refractivity contribution in [1.82, 2.24) is 0 Å². The van der Waals surface area contributed by atoms with Gasteiger partial charge in [-0.2, -0.15) is 0 Å². The number of anilines is 1. The summed E-state index contributed by atoms with van der Waals surface area (Å²) in [7, 11) is 2.67. The summed E-state index contributed by atoms with van der Waals surface area (Å²) in [6.07, 6.45) is -1.03. The lowest BCUT2D eigenvalue weighted by Crippen LogP contribution is -2.30. The van der Waals surface area contributed by atoms with E-state index in [2.05, 4.69) is 10.1 Å². The maximum Gasteiger partial charge on any atom is 0.338 e. The smallest absolute Gasteiger partial charge is 0.338 e. The molecule has 0 fully saturated rings. The monoisotopic (exact) mass is 374 g/mol. The molecule has 0 unspecified atom stereocenters. The molecule has 0 bridgehead atoms. The van der Waals surface area contributed by atoms with Crippen molar-refractivity contribution in [2.75, 3.05) is 19.5 Å². The van der Waals surface area contributed by atoms with Crippen molar-refractivity contribution in [3.63, 3.8) is 0 Å². The largest absolute Gasteiger partial charge is 0.497 e. The summed E-state index contributed by atoms with van der Waals surface area (Å²) in [5.74, 6) is -0.792. The Bertz CT molecular complexity index is 867. The van der Waals surface area contributed by atoms with Gasteiger partial charge in [-0.25, -0.2) is 4.79 Å². The molecule has 0 radical (unpaired) electrons. The molecular formula is C18H18N2O7. The van der Waals surface area contributed by atoms with Crippen LogP contribution in [0, 0.1) is 10.1 Å². The Hall–Kier alpha value is -3.62. The average molecular weight is 374 g/mol. The number of esters is 1. The predicted molar refractivity (Wildman–Crippen MR) is 96.1 cm³/mol. The van der Waals surface area contributed by atoms with Crippen LogP contribution in [0.25, 0.3) is 0 Å². The lowest BCUT2D eigenvalue weighted by atomic mass is 10.2. The van der Waals surface area contributed by atoms with Gasteiger partial charge in [0.15, 0.2) is 11.9 Å². The molecule has 0 aliphatic heterocycles. The van der Waals surface area contributed by atoms with E-state index in [4.69, 9.17) is 9.47 Å². The highest BCUT2D eigenvalue weighted by Gasteiger charge is 2.23. The number of methoxy groups -OCH3 is 2. The topological polar surface area (TPSA) is 117 Å². The van der Waals surface area contributed by atoms with Gasteiger partial charge in [-0.05, 0) is 31.2 Å². The van der Waals surface area contributed by atoms with Gasteiger partial charge >= 0.3 is 11.7 Å². The Balaban J connectivity index is 2.16. The molecule has 9 heteroatoms. The zero-order chi connectivity index (χ0) is 20.0. The number of benzene rings is 2. The number of nitrogens with zero attached hydrogens (tertiary/aromatic N) is 1. The first kappa shape index (κ1) is 19.7. The van der Waals surface area contributed by atoms with E-state index in [1.807, 2.05) is 0 Å². The SMILES string of the molecule is COC(=O)c1ccc(O[C@@H](C)C(=O)Nc2cccc(OC)c2)c([N+](=O)[O-])c1. The van der Waals surface area contributed by atoms with E-state index in [9.17, 15) is 19.7 Å². The predicted octanol–water partition coefficient (Wildman–Crippen LogP) is 2.80. The molecule has 9 nitrogen and oxygen atoms in total. The number of ether oxygens (including phenoxy) is 3. The van der Waals surface area contributed by atoms with Crippen LogP contribution in [0.1, 0.15) is 17.3 Å². The van der Waals surface area contributed by atoms with Crippen LogP contribution in [0.3, 0.4) is 0 Å². The number of rotatable bonds is 7. The Morgan fingerprint density at radius 1 is 1.15 bits per heavy atom. The second-order valence-electron chi connectivity index (χ2n) is 5.41. The molecule has 142 valence electrons. The zero-order valence-electron chi connectivity index (χ0n) is 14.9. The van der Waals surface area contributed by atoms with Crippen molar-refractivity contribution in [3.05, 3.63) is 58.1 Å². The molecule has 27 heavy (non-hydrogen) atoms. The van der Waals surface area contributed by atoms with E-state index in [0.29, 0.717) is 11.4 Å². The highest BCUT2D eigenvalue weighted by molar-refractivity contribution is 5.94. The fourth-order valence-electron chi connectivity index (χ4n) is 2.19. The first-order chi connectivity index (χ1) is 12.8. The highest BCUT2D eigenvalue weighted by atomic mass is 16.6. The van der Waals surface area contributed by atoms with Gasteiger partial charge in [0.05, 0.1) is 24.7 Å². The lowest BCUT2D eigenvalue weighted by molar-refractivity contribution is -0.386. The average Bonchev–Trinajstić information content (AvgIpc) is 2.67. The fraction of sp³-hybridized carbons (Fsp3) is 0.222. The first-order valence-electron chi connectivity index (χ1n) is 7.84. The molecule has 0 aliphatic carbocycles. The van der Waals surface area contributed by atoms with Crippen molar-refractivity contribution in [2.24, 2.45) is 0 Å². The molecule has 0 aromatic heterocycles. The number of nitro benzene ring substituents is 1. The van der Waals surface area contributed by atoms with E-state index in [1.165, 1.54) is 33.3 Å². The molecular weight excluding hydrogens is 356 g/mol. The van der Waals surface area contributed by atoms with Crippen LogP contribution in [0.15, 0.2) is 42.5 Å². The normalized spacial score (nSPS) is 11.2. The van der Waals surface area contributed by atoms with E-state index >= 15 is 0 Å². The number of amides is 1. The van der Waals surface area contributed by atoms with Crippen molar-refractivity contribution < 1.29 is 28.7 Å². The molecule has 0 saturated heterocycles. The van der Waals surface area contributed by atoms with Gasteiger partial charge in [-0.1, -0.05) is 6.07 Å². The molecule has 1 amide bonds. The van der Waals surface area contributed by atoms with Crippen LogP contribution in [-0.2, 0) is 9.53 Å². The van der Waals surface area contributed by atoms with Gasteiger partial charge in [0.2, 0.25) is 0 Å². The standard InChI is InChI=1S/C18H18N2O7/c1-11(17(21)19-13-5-4-6-14(10-13)25-2)27-16-8-7-12(18(22)26-3)9-15(16)20(23)24/h4-11H,1-3H3,(H,19,21)/t11-/m0/s1. The molecule has 2 rings (SSSR count). The number of nitro groups is 1. The molecule has 0 aliphatic rings. The Morgan fingerprint density at radius 2 is 1.89 bits per heavy atom. The van der Waals surface area contributed by atoms with E-state index in [1.54, 1.807) is 24.3 Å². The third kappa shape index (κ3) is 4.94. The summed E-state index contributed by atoms with van der Waals surface area (Å²) < 4.78 is 15.0. The summed E-state index contributed by atoms with van der Waals surface area (Å²) in [6.45, 7) is 1.45. The Kier molecular flexibility index (Phi) is 6.32. The number of carbonyl (C=O) groups excluding carboxylic acids is 2. The second kappa shape index (κ2) is 8.65. The van der Waals surface area contributed by atoms with E-state index in [0.717, 1.165) is 6.07 Å². The van der Waals surface area contributed by atoms with Gasteiger partial charge in [0, 0.05) is 17.8 Å². The maximum atomic E-state index is 12.3. The number of nitrogens with one attached hydrogen (secondary N) is 1. The minimum atomic E-state index is -1.03. The van der Waals surface area contributed by atoms with Crippen LogP contribution in [0.5, 0.6) is 11.5 Å². The fourth-order valence-corrected chi connectivity index (χ4v) is 2.19. The zero-order valence-corrected chi connectivity index (χ0v) is 14.9. The van der Waals surface area contributed by atoms with Crippen LogP contribution >= 0.6 is 0 Å². The van der Waals surface area contributed by atoms with Gasteiger partial charge in [-0.15, -0.1) is 0 Å². The van der Waals surface area contributed by atoms with Crippen molar-refractivity contribution in [1.29, 1.82) is 0 Å². The summed E-state index contributed by atoms with van der Waals surface area (Å²) in [6, 6.07) is 10.3. The number of carbonyl (C=O) groups is 2. The molecule has 1 atom stereocenters. The quantitative estimate of drug-likeness (QED) is 0.450. The molecule has 0 saturated carbocycles. The van der Waals surface area contributed by atoms with Crippen molar-refractivity contribution >= 4 is 23.3 Å². The molecule has 0 heterocycles. The lowest BCUT2D eigenvalue weighted by Gasteiger charge is -2.15. The second-order valence-corrected chi connectivity index (χ2v) is 5.41. The van der Waals surface area contributed by atoms with Gasteiger partial charge < -0.3 is 19.5 Å². The molecule has 2 aromatic carbocycles. The van der Waals surface area contributed by atoms with Crippen LogP contribution in [0.2, 0.25) is 0 Å². The summed E-state index contributed by atoms with van der Waals surface area (Å²) in [5, 5.41) is 13.9. The van der Waals surface area contributed by atoms with Gasteiger partial charge in [0.1, 0.15) is 5.75 Å². The van der Waals surface area contributed by atoms with E-state index < -0.39 is 28.6 Å². The maximum absolute atomic E-state index is 12.3. The van der Waals surface area contributed by atoms with Crippen LogP contribution in [-0.4, -0.2) is 37.1 Å². The first-order valence-corrected chi connectivity index (χ1v) is 7.84. The Labute approximate surface area is 155 Å². The third-order valence-corrected chi connectivity index (χ3v) is 3.59. The minimum absolute atomic E-state index is 0.00466. The summed E-state index contributed by atoms with van der Waals surface area (Å²) in [4.78, 5) is 34.4. The minimum Gasteiger partial charge on any atom is -0.497 e. The number of hydrogen-bond acceptors (Lipinski definition) is 7. The van der Waals surface area contributed by atoms with Crippen molar-refractivity contribution in [3.8, 4) is 11.5 Å². The van der Waals surface area contributed by atoms with Gasteiger partial charge in [0.25, 0.3) is 5.91 Å². The third-order valence-electron chi connectivity index (χ3n) is 3.59. The van der Waals surface area contributed by atoms with Crippen LogP contribution in [0.4, 0.5) is 11.4 Å². The molecule has 0 spiro atoms. The van der Waals surface area contributed by atoms with Gasteiger partial charge in [-0.3, -0.25) is 14.9 Å². The molecule has 1 N–H and O–H groups in total. The van der Waals surface area contributed by atoms with Crippen LogP contribution < -0.4 is 14.8 Å². The summed E-state index contributed by atoms with van der Waals surface area (Å²) >= 11 is 0. The van der Waals surface area contributed by atoms with E-state index in [-0.39, 0.29) is 11.3 Å².